The average molecular weight is 1000 g/mol. The first-order valence-corrected chi connectivity index (χ1v) is 27.3. The number of hydrogen-bond acceptors (Lipinski definition) is 2. The number of fused-ring (bicyclic) bond motifs is 14. The van der Waals surface area contributed by atoms with Crippen LogP contribution in [0.25, 0.3) is 111 Å². The van der Waals surface area contributed by atoms with Gasteiger partial charge >= 0.3 is 0 Å². The number of anilines is 3. The lowest BCUT2D eigenvalue weighted by molar-refractivity contribution is 0.670. The number of benzene rings is 13. The van der Waals surface area contributed by atoms with Crippen LogP contribution in [0.4, 0.5) is 17.1 Å². The van der Waals surface area contributed by atoms with Gasteiger partial charge in [0.2, 0.25) is 0 Å². The minimum absolute atomic E-state index is 0.425. The standard InChI is InChI=1S/C77H49NO/c1-2-19-61-53(15-1)16-12-24-62(61)54-37-33-50(34-38-54)51-41-45-58(46-42-51)78(59-47-43-56(44-48-59)64-26-14-28-70-68-23-6-10-32-74(68)79-76(64)70)60-18-11-17-57(49-60)52-35-39-55(40-36-52)63-25-13-27-69-67-22-5-9-31-73(67)77(75(63)69)71-29-7-3-20-65(71)66-21-4-8-30-72(66)77/h1-49H. The second kappa shape index (κ2) is 17.9. The summed E-state index contributed by atoms with van der Waals surface area (Å²) in [6, 6.07) is 109. The largest absolute Gasteiger partial charge is 0.455 e. The van der Waals surface area contributed by atoms with Crippen LogP contribution in [0.2, 0.25) is 0 Å². The molecule has 0 amide bonds. The summed E-state index contributed by atoms with van der Waals surface area (Å²) < 4.78 is 6.51. The molecule has 16 rings (SSSR count). The fourth-order valence-electron chi connectivity index (χ4n) is 13.4. The zero-order chi connectivity index (χ0) is 52.0. The van der Waals surface area contributed by atoms with Crippen LogP contribution in [0, 0.1) is 0 Å². The van der Waals surface area contributed by atoms with Crippen molar-refractivity contribution in [3.63, 3.8) is 0 Å². The van der Waals surface area contributed by atoms with Crippen LogP contribution in [0.3, 0.4) is 0 Å². The summed E-state index contributed by atoms with van der Waals surface area (Å²) in [6.45, 7) is 0. The highest BCUT2D eigenvalue weighted by Gasteiger charge is 2.52. The molecular weight excluding hydrogens is 955 g/mol. The van der Waals surface area contributed by atoms with E-state index in [0.717, 1.165) is 66.8 Å². The van der Waals surface area contributed by atoms with E-state index in [4.69, 9.17) is 4.42 Å². The molecule has 2 heteroatoms. The summed E-state index contributed by atoms with van der Waals surface area (Å²) in [5.74, 6) is 0. The Morgan fingerprint density at radius 2 is 0.671 bits per heavy atom. The molecule has 0 bridgehead atoms. The third-order valence-electron chi connectivity index (χ3n) is 16.9. The van der Waals surface area contributed by atoms with Crippen LogP contribution in [0.15, 0.2) is 302 Å². The van der Waals surface area contributed by atoms with Gasteiger partial charge in [0.05, 0.1) is 5.41 Å². The predicted octanol–water partition coefficient (Wildman–Crippen LogP) is 20.9. The number of para-hydroxylation sites is 2. The lowest BCUT2D eigenvalue weighted by Crippen LogP contribution is -2.26. The van der Waals surface area contributed by atoms with Crippen LogP contribution in [0.1, 0.15) is 22.3 Å². The van der Waals surface area contributed by atoms with Crippen molar-refractivity contribution in [2.24, 2.45) is 0 Å². The molecule has 2 nitrogen and oxygen atoms in total. The Balaban J connectivity index is 0.771. The molecule has 0 saturated carbocycles. The van der Waals surface area contributed by atoms with Crippen molar-refractivity contribution in [2.45, 2.75) is 5.41 Å². The molecule has 14 aromatic rings. The lowest BCUT2D eigenvalue weighted by atomic mass is 9.68. The zero-order valence-corrected chi connectivity index (χ0v) is 43.1. The van der Waals surface area contributed by atoms with Crippen LogP contribution in [-0.2, 0) is 5.41 Å². The molecule has 0 saturated heterocycles. The van der Waals surface area contributed by atoms with E-state index < -0.39 is 5.41 Å². The first kappa shape index (κ1) is 45.0. The van der Waals surface area contributed by atoms with Crippen LogP contribution < -0.4 is 4.90 Å². The molecule has 13 aromatic carbocycles. The molecule has 0 unspecified atom stereocenters. The van der Waals surface area contributed by atoms with Gasteiger partial charge < -0.3 is 9.32 Å². The summed E-state index contributed by atoms with van der Waals surface area (Å²) in [4.78, 5) is 2.37. The van der Waals surface area contributed by atoms with Crippen molar-refractivity contribution in [3.8, 4) is 77.9 Å². The molecule has 0 fully saturated rings. The molecule has 1 aromatic heterocycles. The topological polar surface area (TPSA) is 16.4 Å². The second-order valence-electron chi connectivity index (χ2n) is 21.1. The second-order valence-corrected chi connectivity index (χ2v) is 21.1. The Morgan fingerprint density at radius 3 is 1.35 bits per heavy atom. The Bertz CT molecular complexity index is 4630. The molecule has 0 radical (unpaired) electrons. The maximum absolute atomic E-state index is 6.51. The van der Waals surface area contributed by atoms with E-state index in [9.17, 15) is 0 Å². The van der Waals surface area contributed by atoms with Gasteiger partial charge in [-0.2, -0.15) is 0 Å². The minimum atomic E-state index is -0.425. The molecule has 0 atom stereocenters. The van der Waals surface area contributed by atoms with Crippen molar-refractivity contribution < 1.29 is 4.42 Å². The lowest BCUT2D eigenvalue weighted by Gasteiger charge is -2.32. The predicted molar refractivity (Wildman–Crippen MR) is 329 cm³/mol. The van der Waals surface area contributed by atoms with Gasteiger partial charge in [0, 0.05) is 33.4 Å². The zero-order valence-electron chi connectivity index (χ0n) is 43.1. The number of nitrogens with zero attached hydrogens (tertiary/aromatic N) is 1. The molecule has 368 valence electrons. The highest BCUT2D eigenvalue weighted by atomic mass is 16.3. The van der Waals surface area contributed by atoms with Crippen molar-refractivity contribution in [1.29, 1.82) is 0 Å². The van der Waals surface area contributed by atoms with E-state index >= 15 is 0 Å². The summed E-state index contributed by atoms with van der Waals surface area (Å²) >= 11 is 0. The quantitative estimate of drug-likeness (QED) is 0.151. The Hall–Kier alpha value is -10.3. The van der Waals surface area contributed by atoms with Gasteiger partial charge in [-0.15, -0.1) is 0 Å². The molecular formula is C77H49NO. The third-order valence-corrected chi connectivity index (χ3v) is 16.9. The summed E-state index contributed by atoms with van der Waals surface area (Å²) in [5, 5.41) is 4.77. The maximum Gasteiger partial charge on any atom is 0.143 e. The van der Waals surface area contributed by atoms with Gasteiger partial charge in [-0.05, 0) is 148 Å². The Kier molecular flexibility index (Phi) is 10.2. The maximum atomic E-state index is 6.51. The van der Waals surface area contributed by atoms with E-state index in [0.29, 0.717) is 0 Å². The van der Waals surface area contributed by atoms with Crippen LogP contribution in [-0.4, -0.2) is 0 Å². The highest BCUT2D eigenvalue weighted by molar-refractivity contribution is 6.10. The molecule has 0 aliphatic heterocycles. The fourth-order valence-corrected chi connectivity index (χ4v) is 13.4. The van der Waals surface area contributed by atoms with Crippen molar-refractivity contribution in [1.82, 2.24) is 0 Å². The van der Waals surface area contributed by atoms with Crippen molar-refractivity contribution in [2.75, 3.05) is 4.90 Å². The summed E-state index contributed by atoms with van der Waals surface area (Å²) in [6.07, 6.45) is 0. The first-order chi connectivity index (χ1) is 39.2. The van der Waals surface area contributed by atoms with Crippen molar-refractivity contribution in [3.05, 3.63) is 320 Å². The van der Waals surface area contributed by atoms with E-state index in [1.165, 1.54) is 83.1 Å². The van der Waals surface area contributed by atoms with Crippen LogP contribution >= 0.6 is 0 Å². The highest BCUT2D eigenvalue weighted by Crippen LogP contribution is 2.64. The van der Waals surface area contributed by atoms with Crippen LogP contribution in [0.5, 0.6) is 0 Å². The smallest absolute Gasteiger partial charge is 0.143 e. The van der Waals surface area contributed by atoms with E-state index in [1.807, 2.05) is 12.1 Å². The van der Waals surface area contributed by atoms with E-state index in [1.54, 1.807) is 0 Å². The summed E-state index contributed by atoms with van der Waals surface area (Å²) in [5.41, 5.74) is 27.0. The van der Waals surface area contributed by atoms with E-state index in [2.05, 4.69) is 290 Å². The normalized spacial score (nSPS) is 12.7. The van der Waals surface area contributed by atoms with Crippen molar-refractivity contribution >= 4 is 49.8 Å². The number of rotatable bonds is 8. The van der Waals surface area contributed by atoms with E-state index in [-0.39, 0.29) is 0 Å². The molecule has 2 aliphatic rings. The Morgan fingerprint density at radius 1 is 0.253 bits per heavy atom. The molecule has 1 heterocycles. The van der Waals surface area contributed by atoms with Gasteiger partial charge in [0.15, 0.2) is 0 Å². The minimum Gasteiger partial charge on any atom is -0.455 e. The van der Waals surface area contributed by atoms with Gasteiger partial charge in [0.1, 0.15) is 11.2 Å². The number of hydrogen-bond donors (Lipinski definition) is 0. The van der Waals surface area contributed by atoms with Gasteiger partial charge in [-0.3, -0.25) is 0 Å². The summed E-state index contributed by atoms with van der Waals surface area (Å²) in [7, 11) is 0. The number of furan rings is 1. The Labute approximate surface area is 459 Å². The van der Waals surface area contributed by atoms with Gasteiger partial charge in [-0.25, -0.2) is 0 Å². The molecule has 1 spiro atoms. The molecule has 79 heavy (non-hydrogen) atoms. The third kappa shape index (κ3) is 6.98. The van der Waals surface area contributed by atoms with Gasteiger partial charge in [-0.1, -0.05) is 255 Å². The van der Waals surface area contributed by atoms with Gasteiger partial charge in [0.25, 0.3) is 0 Å². The fraction of sp³-hybridized carbons (Fsp3) is 0.0130. The molecule has 2 aliphatic carbocycles. The monoisotopic (exact) mass is 1000 g/mol. The average Bonchev–Trinajstić information content (AvgIpc) is 2.74. The molecule has 0 N–H and O–H groups in total. The SMILES string of the molecule is c1cc(-c2ccc(-c3cccc4c3C3(c5ccccc5-c5ccccc53)c3ccccc3-4)cc2)cc(N(c2ccc(-c3ccc(-c4cccc5ccccc45)cc3)cc2)c2ccc(-c3cccc4c3oc3ccccc34)cc2)c1. The first-order valence-electron chi connectivity index (χ1n) is 27.3.